The Hall–Kier alpha value is -6.02. The SMILES string of the molecule is CCCNC(=O)CN(Cc1cccnc1)C(=O)CN(CCc1c[nH]c2ccccc12)C(=O)C(CCCNC(N)=O)CC(=O)CNCCc1c[nH]c2ccccc12. The highest BCUT2D eigenvalue weighted by Crippen LogP contribution is 2.21. The molecule has 3 heterocycles. The summed E-state index contributed by atoms with van der Waals surface area (Å²) in [5.74, 6) is -1.96. The first kappa shape index (κ1) is 41.1. The van der Waals surface area contributed by atoms with E-state index in [1.807, 2.05) is 67.8 Å². The van der Waals surface area contributed by atoms with Gasteiger partial charge in [0, 0.05) is 85.1 Å². The molecule has 2 aromatic carbocycles. The number of primary amides is 1. The van der Waals surface area contributed by atoms with Gasteiger partial charge in [0.1, 0.15) is 5.78 Å². The summed E-state index contributed by atoms with van der Waals surface area (Å²) in [6.07, 6.45) is 9.70. The molecule has 0 saturated carbocycles. The second-order valence-corrected chi connectivity index (χ2v) is 14.0. The molecular formula is C42H53N9O5. The zero-order valence-corrected chi connectivity index (χ0v) is 32.0. The third-order valence-electron chi connectivity index (χ3n) is 9.74. The number of nitrogens with two attached hydrogens (primary N) is 1. The predicted molar refractivity (Wildman–Crippen MR) is 216 cm³/mol. The van der Waals surface area contributed by atoms with Crippen LogP contribution in [-0.4, -0.2) is 100 Å². The van der Waals surface area contributed by atoms with Gasteiger partial charge in [0.2, 0.25) is 17.7 Å². The van der Waals surface area contributed by atoms with E-state index >= 15 is 0 Å². The lowest BCUT2D eigenvalue weighted by molar-refractivity contribution is -0.145. The van der Waals surface area contributed by atoms with Gasteiger partial charge in [0.15, 0.2) is 0 Å². The molecule has 5 rings (SSSR count). The number of amides is 5. The molecule has 0 radical (unpaired) electrons. The number of rotatable bonds is 23. The molecule has 0 spiro atoms. The molecule has 14 heteroatoms. The first-order valence-electron chi connectivity index (χ1n) is 19.3. The van der Waals surface area contributed by atoms with Crippen molar-refractivity contribution in [2.24, 2.45) is 11.7 Å². The van der Waals surface area contributed by atoms with Crippen molar-refractivity contribution in [2.75, 3.05) is 45.8 Å². The van der Waals surface area contributed by atoms with Gasteiger partial charge in [0.25, 0.3) is 0 Å². The third kappa shape index (κ3) is 12.2. The van der Waals surface area contributed by atoms with Gasteiger partial charge in [-0.15, -0.1) is 0 Å². The zero-order chi connectivity index (χ0) is 39.7. The lowest BCUT2D eigenvalue weighted by atomic mass is 9.94. The van der Waals surface area contributed by atoms with Crippen molar-refractivity contribution < 1.29 is 24.0 Å². The summed E-state index contributed by atoms with van der Waals surface area (Å²) in [5.41, 5.74) is 10.2. The van der Waals surface area contributed by atoms with Gasteiger partial charge in [0.05, 0.1) is 19.6 Å². The largest absolute Gasteiger partial charge is 0.361 e. The van der Waals surface area contributed by atoms with Crippen LogP contribution in [-0.2, 0) is 38.6 Å². The van der Waals surface area contributed by atoms with E-state index in [0.29, 0.717) is 32.4 Å². The molecule has 1 atom stereocenters. The minimum absolute atomic E-state index is 0.0495. The molecule has 5 aromatic rings. The Morgan fingerprint density at radius 2 is 1.50 bits per heavy atom. The van der Waals surface area contributed by atoms with Crippen LogP contribution < -0.4 is 21.7 Å². The van der Waals surface area contributed by atoms with Crippen molar-refractivity contribution in [1.82, 2.24) is 40.7 Å². The Labute approximate surface area is 327 Å². The number of urea groups is 1. The fourth-order valence-electron chi connectivity index (χ4n) is 6.83. The van der Waals surface area contributed by atoms with Crippen LogP contribution in [0, 0.1) is 5.92 Å². The van der Waals surface area contributed by atoms with Gasteiger partial charge in [-0.05, 0) is 73.5 Å². The van der Waals surface area contributed by atoms with Crippen molar-refractivity contribution in [3.05, 3.63) is 102 Å². The molecule has 0 fully saturated rings. The summed E-state index contributed by atoms with van der Waals surface area (Å²) < 4.78 is 0. The molecule has 5 amide bonds. The van der Waals surface area contributed by atoms with Crippen LogP contribution >= 0.6 is 0 Å². The van der Waals surface area contributed by atoms with E-state index in [1.165, 1.54) is 9.80 Å². The number of aromatic amines is 2. The van der Waals surface area contributed by atoms with Crippen LogP contribution in [0.25, 0.3) is 21.8 Å². The van der Waals surface area contributed by atoms with Crippen molar-refractivity contribution in [1.29, 1.82) is 0 Å². The monoisotopic (exact) mass is 763 g/mol. The Morgan fingerprint density at radius 1 is 0.804 bits per heavy atom. The van der Waals surface area contributed by atoms with Crippen LogP contribution in [0.3, 0.4) is 0 Å². The number of pyridine rings is 1. The second-order valence-electron chi connectivity index (χ2n) is 14.0. The normalized spacial score (nSPS) is 11.7. The maximum Gasteiger partial charge on any atom is 0.312 e. The van der Waals surface area contributed by atoms with Gasteiger partial charge in [-0.3, -0.25) is 24.2 Å². The maximum atomic E-state index is 14.6. The highest BCUT2D eigenvalue weighted by molar-refractivity contribution is 5.92. The smallest absolute Gasteiger partial charge is 0.312 e. The number of benzene rings is 2. The van der Waals surface area contributed by atoms with Gasteiger partial charge in [-0.2, -0.15) is 0 Å². The van der Waals surface area contributed by atoms with E-state index in [2.05, 4.69) is 37.0 Å². The average Bonchev–Trinajstić information content (AvgIpc) is 3.82. The molecule has 7 N–H and O–H groups in total. The van der Waals surface area contributed by atoms with E-state index in [9.17, 15) is 24.0 Å². The summed E-state index contributed by atoms with van der Waals surface area (Å²) >= 11 is 0. The van der Waals surface area contributed by atoms with Crippen LogP contribution in [0.15, 0.2) is 85.5 Å². The topological polar surface area (TPSA) is 198 Å². The van der Waals surface area contributed by atoms with Crippen LogP contribution in [0.1, 0.15) is 49.3 Å². The Kier molecular flexibility index (Phi) is 15.6. The van der Waals surface area contributed by atoms with E-state index in [1.54, 1.807) is 18.5 Å². The number of fused-ring (bicyclic) bond motifs is 2. The van der Waals surface area contributed by atoms with E-state index in [0.717, 1.165) is 44.9 Å². The number of hydrogen-bond donors (Lipinski definition) is 6. The van der Waals surface area contributed by atoms with Crippen molar-refractivity contribution >= 4 is 51.3 Å². The van der Waals surface area contributed by atoms with Crippen molar-refractivity contribution in [3.63, 3.8) is 0 Å². The fraction of sp³-hybridized carbons (Fsp3) is 0.381. The summed E-state index contributed by atoms with van der Waals surface area (Å²) in [4.78, 5) is 80.2. The zero-order valence-electron chi connectivity index (χ0n) is 32.0. The minimum Gasteiger partial charge on any atom is -0.361 e. The Morgan fingerprint density at radius 3 is 2.16 bits per heavy atom. The molecule has 0 aliphatic rings. The number of Topliss-reactive ketones (excluding diaryl/α,β-unsaturated/α-hetero) is 1. The molecular weight excluding hydrogens is 711 g/mol. The predicted octanol–water partition coefficient (Wildman–Crippen LogP) is 3.83. The average molecular weight is 764 g/mol. The number of H-pyrrole nitrogens is 2. The number of carbonyl (C=O) groups excluding carboxylic acids is 5. The molecule has 0 aliphatic heterocycles. The Bertz CT molecular complexity index is 2060. The number of aromatic nitrogens is 3. The lowest BCUT2D eigenvalue weighted by Crippen LogP contribution is -2.48. The standard InChI is InChI=1S/C42H53N9O5/c1-2-17-46-39(53)28-51(27-30-9-7-18-44-23-30)40(54)29-50(21-16-33-25-49-38-14-6-4-12-36(33)38)41(55)31(10-8-19-47-42(43)56)22-34(52)26-45-20-15-32-24-48-37-13-5-3-11-35(32)37/h3-7,9,11-14,18,23-25,31,45,48-49H,2,8,10,15-17,19-22,26-29H2,1H3,(H,46,53)(H3,43,47,56). The number of ketones is 1. The summed E-state index contributed by atoms with van der Waals surface area (Å²) in [7, 11) is 0. The van der Waals surface area contributed by atoms with E-state index in [-0.39, 0.29) is 69.7 Å². The molecule has 0 bridgehead atoms. The van der Waals surface area contributed by atoms with Gasteiger partial charge in [-0.25, -0.2) is 4.79 Å². The van der Waals surface area contributed by atoms with E-state index in [4.69, 9.17) is 5.73 Å². The molecule has 56 heavy (non-hydrogen) atoms. The first-order chi connectivity index (χ1) is 27.2. The summed E-state index contributed by atoms with van der Waals surface area (Å²) in [5, 5.41) is 10.8. The molecule has 1 unspecified atom stereocenters. The highest BCUT2D eigenvalue weighted by Gasteiger charge is 2.30. The van der Waals surface area contributed by atoms with Gasteiger partial charge < -0.3 is 41.5 Å². The number of para-hydroxylation sites is 2. The summed E-state index contributed by atoms with van der Waals surface area (Å²) in [6, 6.07) is 18.8. The van der Waals surface area contributed by atoms with Crippen LogP contribution in [0.5, 0.6) is 0 Å². The van der Waals surface area contributed by atoms with Crippen molar-refractivity contribution in [2.45, 2.75) is 52.0 Å². The summed E-state index contributed by atoms with van der Waals surface area (Å²) in [6.45, 7) is 3.13. The number of nitrogens with one attached hydrogen (secondary N) is 5. The lowest BCUT2D eigenvalue weighted by Gasteiger charge is -2.30. The minimum atomic E-state index is -0.761. The highest BCUT2D eigenvalue weighted by atomic mass is 16.2. The van der Waals surface area contributed by atoms with Gasteiger partial charge in [-0.1, -0.05) is 49.4 Å². The number of carbonyl (C=O) groups is 5. The van der Waals surface area contributed by atoms with Crippen LogP contribution in [0.4, 0.5) is 4.79 Å². The second kappa shape index (κ2) is 21.2. The maximum absolute atomic E-state index is 14.6. The van der Waals surface area contributed by atoms with E-state index < -0.39 is 17.9 Å². The third-order valence-corrected chi connectivity index (χ3v) is 9.74. The van der Waals surface area contributed by atoms with Crippen molar-refractivity contribution in [3.8, 4) is 0 Å². The first-order valence-corrected chi connectivity index (χ1v) is 19.3. The van der Waals surface area contributed by atoms with Crippen LogP contribution in [0.2, 0.25) is 0 Å². The Balaban J connectivity index is 1.32. The fourth-order valence-corrected chi connectivity index (χ4v) is 6.83. The quantitative estimate of drug-likeness (QED) is 0.0544. The molecule has 14 nitrogen and oxygen atoms in total. The molecule has 0 aliphatic carbocycles. The van der Waals surface area contributed by atoms with Gasteiger partial charge >= 0.3 is 6.03 Å². The number of hydrogen-bond acceptors (Lipinski definition) is 7. The molecule has 296 valence electrons. The number of nitrogens with zero attached hydrogens (tertiary/aromatic N) is 3. The molecule has 3 aromatic heterocycles. The molecule has 0 saturated heterocycles.